The molecule has 0 N–H and O–H groups in total. The Bertz CT molecular complexity index is 3140. The van der Waals surface area contributed by atoms with Crippen LogP contribution in [0.4, 0.5) is 0 Å². The molecule has 0 amide bonds. The molecular formula is C47H29N7S. The van der Waals surface area contributed by atoms with Gasteiger partial charge in [0.1, 0.15) is 10.0 Å². The highest BCUT2D eigenvalue weighted by molar-refractivity contribution is 7.18. The van der Waals surface area contributed by atoms with Gasteiger partial charge in [-0.1, -0.05) is 139 Å². The first-order valence-corrected chi connectivity index (χ1v) is 18.9. The summed E-state index contributed by atoms with van der Waals surface area (Å²) >= 11 is 1.61. The van der Waals surface area contributed by atoms with Crippen molar-refractivity contribution in [2.45, 2.75) is 0 Å². The number of rotatable bonds is 6. The third-order valence-electron chi connectivity index (χ3n) is 10.2. The summed E-state index contributed by atoms with van der Waals surface area (Å²) in [5.74, 6) is 1.80. The van der Waals surface area contributed by atoms with Crippen LogP contribution in [0.1, 0.15) is 0 Å². The van der Waals surface area contributed by atoms with Gasteiger partial charge in [-0.05, 0) is 48.5 Å². The summed E-state index contributed by atoms with van der Waals surface area (Å²) in [5, 5.41) is 15.9. The molecule has 0 saturated carbocycles. The van der Waals surface area contributed by atoms with E-state index in [0.29, 0.717) is 17.6 Å². The minimum atomic E-state index is 0.562. The Morgan fingerprint density at radius 2 is 0.927 bits per heavy atom. The largest absolute Gasteiger partial charge is 0.309 e. The molecule has 55 heavy (non-hydrogen) atoms. The SMILES string of the molecule is c1ccc(-c2nc(-c3ccccc3)nc(-n3c4ccccc4c4cc(-c5nnc(-c6cccc7c8ccccc8n(-c8ccccc8)c67)s5)ccc43)n2)cc1. The fourth-order valence-electron chi connectivity index (χ4n) is 7.70. The van der Waals surface area contributed by atoms with Crippen LogP contribution in [0.25, 0.3) is 99.2 Å². The summed E-state index contributed by atoms with van der Waals surface area (Å²) in [6, 6.07) is 60.6. The molecule has 4 heterocycles. The van der Waals surface area contributed by atoms with E-state index in [0.717, 1.165) is 70.8 Å². The van der Waals surface area contributed by atoms with Crippen LogP contribution in [-0.4, -0.2) is 34.3 Å². The fraction of sp³-hybridized carbons (Fsp3) is 0. The second-order valence-electron chi connectivity index (χ2n) is 13.4. The van der Waals surface area contributed by atoms with Crippen LogP contribution in [0, 0.1) is 0 Å². The zero-order chi connectivity index (χ0) is 36.3. The second kappa shape index (κ2) is 12.7. The Hall–Kier alpha value is -7.29. The van der Waals surface area contributed by atoms with Crippen molar-refractivity contribution >= 4 is 54.9 Å². The van der Waals surface area contributed by atoms with E-state index in [-0.39, 0.29) is 0 Å². The molecule has 4 aromatic heterocycles. The third kappa shape index (κ3) is 5.15. The average molecular weight is 724 g/mol. The molecule has 258 valence electrons. The monoisotopic (exact) mass is 723 g/mol. The maximum Gasteiger partial charge on any atom is 0.238 e. The predicted octanol–water partition coefficient (Wildman–Crippen LogP) is 11.6. The molecule has 0 spiro atoms. The molecule has 0 aliphatic heterocycles. The summed E-state index contributed by atoms with van der Waals surface area (Å²) in [4.78, 5) is 15.1. The molecule has 0 fully saturated rings. The highest BCUT2D eigenvalue weighted by Crippen LogP contribution is 2.41. The molecule has 7 aromatic carbocycles. The normalized spacial score (nSPS) is 11.6. The number of aromatic nitrogens is 7. The minimum Gasteiger partial charge on any atom is -0.309 e. The van der Waals surface area contributed by atoms with Gasteiger partial charge in [-0.15, -0.1) is 10.2 Å². The summed E-state index contributed by atoms with van der Waals surface area (Å²) in [6.45, 7) is 0. The van der Waals surface area contributed by atoms with E-state index in [4.69, 9.17) is 25.1 Å². The Morgan fingerprint density at radius 3 is 1.62 bits per heavy atom. The van der Waals surface area contributed by atoms with Crippen molar-refractivity contribution in [2.75, 3.05) is 0 Å². The van der Waals surface area contributed by atoms with Crippen LogP contribution in [0.3, 0.4) is 0 Å². The van der Waals surface area contributed by atoms with Crippen molar-refractivity contribution in [2.24, 2.45) is 0 Å². The molecule has 7 nitrogen and oxygen atoms in total. The van der Waals surface area contributed by atoms with Gasteiger partial charge in [0.25, 0.3) is 0 Å². The molecule has 0 saturated heterocycles. The van der Waals surface area contributed by atoms with Crippen molar-refractivity contribution < 1.29 is 0 Å². The van der Waals surface area contributed by atoms with E-state index in [1.165, 1.54) is 10.8 Å². The number of benzene rings is 7. The molecule has 8 heteroatoms. The van der Waals surface area contributed by atoms with Crippen LogP contribution in [0.2, 0.25) is 0 Å². The van der Waals surface area contributed by atoms with Crippen molar-refractivity contribution in [3.8, 4) is 55.6 Å². The standard InChI is InChI=1S/C47H29N7S/c1-4-15-30(16-5-1)43-48-44(31-17-6-2-7-18-31)50-47(49-43)54-40-26-13-11-22-35(40)38-29-32(27-28-41(38)54)45-51-52-46(55-45)37-24-14-23-36-34-21-10-12-25-39(34)53(42(36)37)33-19-8-3-9-20-33/h1-29H. The topological polar surface area (TPSA) is 74.3 Å². The van der Waals surface area contributed by atoms with E-state index >= 15 is 0 Å². The highest BCUT2D eigenvalue weighted by atomic mass is 32.1. The number of hydrogen-bond donors (Lipinski definition) is 0. The van der Waals surface area contributed by atoms with Crippen LogP contribution < -0.4 is 0 Å². The van der Waals surface area contributed by atoms with Crippen LogP contribution in [0.15, 0.2) is 176 Å². The summed E-state index contributed by atoms with van der Waals surface area (Å²) < 4.78 is 4.49. The molecule has 0 aliphatic rings. The Kier molecular flexibility index (Phi) is 7.21. The lowest BCUT2D eigenvalue weighted by Gasteiger charge is -2.11. The predicted molar refractivity (Wildman–Crippen MR) is 224 cm³/mol. The average Bonchev–Trinajstić information content (AvgIpc) is 3.98. The van der Waals surface area contributed by atoms with E-state index < -0.39 is 0 Å². The maximum atomic E-state index is 5.08. The number of nitrogens with zero attached hydrogens (tertiary/aromatic N) is 7. The van der Waals surface area contributed by atoms with E-state index in [2.05, 4.69) is 124 Å². The first-order chi connectivity index (χ1) is 27.3. The summed E-state index contributed by atoms with van der Waals surface area (Å²) in [7, 11) is 0. The first kappa shape index (κ1) is 31.3. The van der Waals surface area contributed by atoms with Crippen molar-refractivity contribution in [3.63, 3.8) is 0 Å². The van der Waals surface area contributed by atoms with Gasteiger partial charge in [0, 0.05) is 49.5 Å². The van der Waals surface area contributed by atoms with E-state index in [1.807, 2.05) is 60.7 Å². The lowest BCUT2D eigenvalue weighted by atomic mass is 10.1. The Balaban J connectivity index is 1.07. The van der Waals surface area contributed by atoms with Crippen LogP contribution in [-0.2, 0) is 0 Å². The summed E-state index contributed by atoms with van der Waals surface area (Å²) in [6.07, 6.45) is 0. The van der Waals surface area contributed by atoms with Crippen LogP contribution in [0.5, 0.6) is 0 Å². The molecule has 11 aromatic rings. The smallest absolute Gasteiger partial charge is 0.238 e. The van der Waals surface area contributed by atoms with Gasteiger partial charge in [-0.3, -0.25) is 4.57 Å². The van der Waals surface area contributed by atoms with E-state index in [9.17, 15) is 0 Å². The zero-order valence-corrected chi connectivity index (χ0v) is 30.1. The maximum absolute atomic E-state index is 5.08. The first-order valence-electron chi connectivity index (χ1n) is 18.1. The van der Waals surface area contributed by atoms with Gasteiger partial charge in [-0.25, -0.2) is 4.98 Å². The van der Waals surface area contributed by atoms with Gasteiger partial charge in [0.05, 0.1) is 22.1 Å². The van der Waals surface area contributed by atoms with Crippen LogP contribution >= 0.6 is 11.3 Å². The number of para-hydroxylation sites is 4. The van der Waals surface area contributed by atoms with Crippen molar-refractivity contribution in [1.29, 1.82) is 0 Å². The zero-order valence-electron chi connectivity index (χ0n) is 29.3. The molecule has 0 unspecified atom stereocenters. The lowest BCUT2D eigenvalue weighted by Crippen LogP contribution is -2.06. The molecule has 0 aliphatic carbocycles. The molecule has 0 bridgehead atoms. The highest BCUT2D eigenvalue weighted by Gasteiger charge is 2.21. The van der Waals surface area contributed by atoms with Crippen molar-refractivity contribution in [3.05, 3.63) is 176 Å². The number of hydrogen-bond acceptors (Lipinski definition) is 6. The van der Waals surface area contributed by atoms with Gasteiger partial charge < -0.3 is 4.57 Å². The number of fused-ring (bicyclic) bond motifs is 6. The Morgan fingerprint density at radius 1 is 0.382 bits per heavy atom. The summed E-state index contributed by atoms with van der Waals surface area (Å²) in [5.41, 5.74) is 9.31. The molecule has 0 radical (unpaired) electrons. The molecule has 11 rings (SSSR count). The quantitative estimate of drug-likeness (QED) is 0.171. The second-order valence-corrected chi connectivity index (χ2v) is 14.4. The minimum absolute atomic E-state index is 0.562. The third-order valence-corrected chi connectivity index (χ3v) is 11.2. The molecular weight excluding hydrogens is 695 g/mol. The van der Waals surface area contributed by atoms with Gasteiger partial charge in [0.15, 0.2) is 11.6 Å². The van der Waals surface area contributed by atoms with Gasteiger partial charge >= 0.3 is 0 Å². The molecule has 0 atom stereocenters. The van der Waals surface area contributed by atoms with Crippen molar-refractivity contribution in [1.82, 2.24) is 34.3 Å². The van der Waals surface area contributed by atoms with Gasteiger partial charge in [-0.2, -0.15) is 9.97 Å². The lowest BCUT2D eigenvalue weighted by molar-refractivity contribution is 0.953. The van der Waals surface area contributed by atoms with Gasteiger partial charge in [0.2, 0.25) is 5.95 Å². The fourth-order valence-corrected chi connectivity index (χ4v) is 8.57. The Labute approximate surface area is 319 Å². The van der Waals surface area contributed by atoms with E-state index in [1.54, 1.807) is 11.3 Å².